The van der Waals surface area contributed by atoms with Gasteiger partial charge in [-0.15, -0.1) is 0 Å². The minimum absolute atomic E-state index is 0.573. The first kappa shape index (κ1) is 19.1. The van der Waals surface area contributed by atoms with E-state index >= 15 is 0 Å². The molecule has 22 heavy (non-hydrogen) atoms. The Balaban J connectivity index is 2.49. The number of hydrogen-bond acceptors (Lipinski definition) is 3. The van der Waals surface area contributed by atoms with Gasteiger partial charge in [-0.1, -0.05) is 24.3 Å². The predicted octanol–water partition coefficient (Wildman–Crippen LogP) is 2.95. The molecule has 3 nitrogen and oxygen atoms in total. The lowest BCUT2D eigenvalue weighted by atomic mass is 10.0. The molecular formula is C19H35N3. The SMILES string of the molecule is CC(C)N(C)Cc1ccc(CC(C)N(C)CCN(C)C)cc1. The normalized spacial score (nSPS) is 13.6. The Bertz CT molecular complexity index is 411. The minimum Gasteiger partial charge on any atom is -0.308 e. The van der Waals surface area contributed by atoms with Crippen LogP contribution in [-0.2, 0) is 13.0 Å². The molecule has 3 heteroatoms. The van der Waals surface area contributed by atoms with Gasteiger partial charge in [0.05, 0.1) is 0 Å². The first-order chi connectivity index (χ1) is 10.3. The average molecular weight is 306 g/mol. The van der Waals surface area contributed by atoms with Gasteiger partial charge in [-0.25, -0.2) is 0 Å². The van der Waals surface area contributed by atoms with E-state index < -0.39 is 0 Å². The second-order valence-corrected chi connectivity index (χ2v) is 7.16. The van der Waals surface area contributed by atoms with E-state index in [4.69, 9.17) is 0 Å². The van der Waals surface area contributed by atoms with Gasteiger partial charge < -0.3 is 9.80 Å². The summed E-state index contributed by atoms with van der Waals surface area (Å²) >= 11 is 0. The molecule has 0 aromatic heterocycles. The third-order valence-corrected chi connectivity index (χ3v) is 4.52. The van der Waals surface area contributed by atoms with Crippen LogP contribution in [0.1, 0.15) is 31.9 Å². The maximum Gasteiger partial charge on any atom is 0.0233 e. The van der Waals surface area contributed by atoms with Crippen molar-refractivity contribution in [3.8, 4) is 0 Å². The average Bonchev–Trinajstić information content (AvgIpc) is 2.46. The Hall–Kier alpha value is -0.900. The molecule has 1 rings (SSSR count). The highest BCUT2D eigenvalue weighted by Crippen LogP contribution is 2.12. The lowest BCUT2D eigenvalue weighted by molar-refractivity contribution is 0.228. The number of likely N-dealkylation sites (N-methyl/N-ethyl adjacent to an activating group) is 2. The van der Waals surface area contributed by atoms with E-state index in [-0.39, 0.29) is 0 Å². The van der Waals surface area contributed by atoms with E-state index in [0.717, 1.165) is 26.1 Å². The summed E-state index contributed by atoms with van der Waals surface area (Å²) in [6.45, 7) is 10.0. The molecule has 1 atom stereocenters. The van der Waals surface area contributed by atoms with Crippen molar-refractivity contribution in [3.05, 3.63) is 35.4 Å². The van der Waals surface area contributed by atoms with Gasteiger partial charge in [0.25, 0.3) is 0 Å². The summed E-state index contributed by atoms with van der Waals surface area (Å²) in [5, 5.41) is 0. The number of hydrogen-bond donors (Lipinski definition) is 0. The molecule has 0 heterocycles. The monoisotopic (exact) mass is 305 g/mol. The highest BCUT2D eigenvalue weighted by Gasteiger charge is 2.10. The first-order valence-corrected chi connectivity index (χ1v) is 8.42. The van der Waals surface area contributed by atoms with E-state index in [1.165, 1.54) is 11.1 Å². The van der Waals surface area contributed by atoms with E-state index in [1.807, 2.05) is 0 Å². The van der Waals surface area contributed by atoms with Crippen molar-refractivity contribution in [2.45, 2.75) is 45.8 Å². The lowest BCUT2D eigenvalue weighted by Gasteiger charge is -2.26. The fourth-order valence-electron chi connectivity index (χ4n) is 2.33. The molecule has 0 aliphatic heterocycles. The smallest absolute Gasteiger partial charge is 0.0233 e. The summed E-state index contributed by atoms with van der Waals surface area (Å²) in [6.07, 6.45) is 1.12. The summed E-state index contributed by atoms with van der Waals surface area (Å²) in [5.41, 5.74) is 2.83. The molecule has 0 radical (unpaired) electrons. The highest BCUT2D eigenvalue weighted by molar-refractivity contribution is 5.23. The second-order valence-electron chi connectivity index (χ2n) is 7.16. The molecule has 1 aromatic carbocycles. The van der Waals surface area contributed by atoms with Gasteiger partial charge in [-0.3, -0.25) is 4.90 Å². The summed E-state index contributed by atoms with van der Waals surface area (Å²) in [6, 6.07) is 10.3. The molecular weight excluding hydrogens is 270 g/mol. The van der Waals surface area contributed by atoms with E-state index in [2.05, 4.69) is 87.9 Å². The molecule has 0 N–H and O–H groups in total. The van der Waals surface area contributed by atoms with Crippen molar-refractivity contribution in [3.63, 3.8) is 0 Å². The van der Waals surface area contributed by atoms with Gasteiger partial charge in [0.2, 0.25) is 0 Å². The summed E-state index contributed by atoms with van der Waals surface area (Å²) in [4.78, 5) is 7.05. The van der Waals surface area contributed by atoms with Crippen LogP contribution in [0.4, 0.5) is 0 Å². The zero-order valence-electron chi connectivity index (χ0n) is 15.6. The Morgan fingerprint density at radius 1 is 0.773 bits per heavy atom. The van der Waals surface area contributed by atoms with Crippen molar-refractivity contribution in [2.75, 3.05) is 41.3 Å². The summed E-state index contributed by atoms with van der Waals surface area (Å²) < 4.78 is 0. The van der Waals surface area contributed by atoms with Crippen LogP contribution >= 0.6 is 0 Å². The van der Waals surface area contributed by atoms with Crippen LogP contribution < -0.4 is 0 Å². The van der Waals surface area contributed by atoms with Crippen LogP contribution in [0.25, 0.3) is 0 Å². The summed E-state index contributed by atoms with van der Waals surface area (Å²) in [7, 11) is 8.66. The van der Waals surface area contributed by atoms with Gasteiger partial charge in [-0.05, 0) is 66.5 Å². The van der Waals surface area contributed by atoms with Crippen molar-refractivity contribution in [1.82, 2.24) is 14.7 Å². The molecule has 0 saturated heterocycles. The number of nitrogens with zero attached hydrogens (tertiary/aromatic N) is 3. The molecule has 1 aromatic rings. The Kier molecular flexibility index (Phi) is 8.08. The van der Waals surface area contributed by atoms with Crippen molar-refractivity contribution < 1.29 is 0 Å². The van der Waals surface area contributed by atoms with E-state index in [9.17, 15) is 0 Å². The molecule has 0 amide bonds. The molecule has 0 aliphatic carbocycles. The van der Waals surface area contributed by atoms with Crippen LogP contribution in [0, 0.1) is 0 Å². The van der Waals surface area contributed by atoms with Crippen molar-refractivity contribution in [2.24, 2.45) is 0 Å². The van der Waals surface area contributed by atoms with Gasteiger partial charge in [-0.2, -0.15) is 0 Å². The second kappa shape index (κ2) is 9.29. The molecule has 0 saturated carbocycles. The van der Waals surface area contributed by atoms with Crippen LogP contribution in [-0.4, -0.2) is 68.1 Å². The van der Waals surface area contributed by atoms with E-state index in [0.29, 0.717) is 12.1 Å². The van der Waals surface area contributed by atoms with Crippen LogP contribution in [0.15, 0.2) is 24.3 Å². The van der Waals surface area contributed by atoms with Crippen molar-refractivity contribution in [1.29, 1.82) is 0 Å². The number of rotatable bonds is 9. The molecule has 126 valence electrons. The van der Waals surface area contributed by atoms with Gasteiger partial charge >= 0.3 is 0 Å². The molecule has 0 fully saturated rings. The van der Waals surface area contributed by atoms with Crippen LogP contribution in [0.5, 0.6) is 0 Å². The Morgan fingerprint density at radius 2 is 1.32 bits per heavy atom. The Labute approximate surface area is 137 Å². The zero-order valence-corrected chi connectivity index (χ0v) is 15.6. The zero-order chi connectivity index (χ0) is 16.7. The molecule has 1 unspecified atom stereocenters. The minimum atomic E-state index is 0.573. The van der Waals surface area contributed by atoms with Crippen LogP contribution in [0.2, 0.25) is 0 Å². The fourth-order valence-corrected chi connectivity index (χ4v) is 2.33. The highest BCUT2D eigenvalue weighted by atomic mass is 15.2. The first-order valence-electron chi connectivity index (χ1n) is 8.42. The van der Waals surface area contributed by atoms with Gasteiger partial charge in [0.15, 0.2) is 0 Å². The quantitative estimate of drug-likeness (QED) is 0.694. The summed E-state index contributed by atoms with van der Waals surface area (Å²) in [5.74, 6) is 0. The standard InChI is InChI=1S/C19H35N3/c1-16(2)22(7)15-19-10-8-18(9-11-19)14-17(3)21(6)13-12-20(4)5/h8-11,16-17H,12-15H2,1-7H3. The van der Waals surface area contributed by atoms with Crippen molar-refractivity contribution >= 4 is 0 Å². The van der Waals surface area contributed by atoms with Crippen LogP contribution in [0.3, 0.4) is 0 Å². The third kappa shape index (κ3) is 6.91. The fraction of sp³-hybridized carbons (Fsp3) is 0.684. The topological polar surface area (TPSA) is 9.72 Å². The molecule has 0 spiro atoms. The third-order valence-electron chi connectivity index (χ3n) is 4.52. The maximum absolute atomic E-state index is 2.44. The predicted molar refractivity (Wildman–Crippen MR) is 97.4 cm³/mol. The maximum atomic E-state index is 2.44. The molecule has 0 bridgehead atoms. The lowest BCUT2D eigenvalue weighted by Crippen LogP contribution is -2.36. The number of benzene rings is 1. The van der Waals surface area contributed by atoms with Gasteiger partial charge in [0, 0.05) is 31.7 Å². The van der Waals surface area contributed by atoms with E-state index in [1.54, 1.807) is 0 Å². The largest absolute Gasteiger partial charge is 0.308 e. The van der Waals surface area contributed by atoms with Gasteiger partial charge in [0.1, 0.15) is 0 Å². The molecule has 0 aliphatic rings. The Morgan fingerprint density at radius 3 is 1.82 bits per heavy atom.